The van der Waals surface area contributed by atoms with Gasteiger partial charge in [0, 0.05) is 7.05 Å². The molecule has 3 aromatic rings. The van der Waals surface area contributed by atoms with Gasteiger partial charge in [0.1, 0.15) is 10.5 Å². The molecule has 0 atom stereocenters. The number of para-hydroxylation sites is 1. The van der Waals surface area contributed by atoms with Crippen LogP contribution in [-0.2, 0) is 7.05 Å². The van der Waals surface area contributed by atoms with Crippen molar-refractivity contribution in [2.45, 2.75) is 0 Å². The van der Waals surface area contributed by atoms with Crippen molar-refractivity contribution in [3.05, 3.63) is 41.0 Å². The predicted molar refractivity (Wildman–Crippen MR) is 73.7 cm³/mol. The lowest BCUT2D eigenvalue weighted by Crippen LogP contribution is -1.93. The first kappa shape index (κ1) is 12.2. The van der Waals surface area contributed by atoms with Gasteiger partial charge < -0.3 is 4.42 Å². The zero-order chi connectivity index (χ0) is 13.4. The molecule has 0 amide bonds. The van der Waals surface area contributed by atoms with Gasteiger partial charge in [-0.25, -0.2) is 9.67 Å². The highest BCUT2D eigenvalue weighted by atomic mass is 35.5. The van der Waals surface area contributed by atoms with Gasteiger partial charge in [-0.05, 0) is 18.2 Å². The Kier molecular flexibility index (Phi) is 3.00. The van der Waals surface area contributed by atoms with Crippen molar-refractivity contribution in [2.24, 2.45) is 7.05 Å². The summed E-state index contributed by atoms with van der Waals surface area (Å²) in [4.78, 5) is 4.28. The van der Waals surface area contributed by atoms with Crippen molar-refractivity contribution in [3.63, 3.8) is 0 Å². The van der Waals surface area contributed by atoms with Crippen molar-refractivity contribution >= 4 is 45.4 Å². The standard InChI is InChI=1S/C12H8Cl2N4O/c1-18-7(6-15-17-18)5-9(14)12-16-10-4-2-3-8(13)11(10)19-12/h2-6H,1H3/b9-5+. The van der Waals surface area contributed by atoms with E-state index in [-0.39, 0.29) is 0 Å². The third kappa shape index (κ3) is 2.22. The van der Waals surface area contributed by atoms with Crippen LogP contribution in [0.4, 0.5) is 0 Å². The molecule has 19 heavy (non-hydrogen) atoms. The quantitative estimate of drug-likeness (QED) is 0.727. The Balaban J connectivity index is 2.07. The zero-order valence-electron chi connectivity index (χ0n) is 9.84. The fourth-order valence-corrected chi connectivity index (χ4v) is 2.04. The number of oxazole rings is 1. The number of rotatable bonds is 2. The van der Waals surface area contributed by atoms with Crippen molar-refractivity contribution in [3.8, 4) is 0 Å². The number of hydrogen-bond acceptors (Lipinski definition) is 4. The van der Waals surface area contributed by atoms with E-state index in [1.165, 1.54) is 0 Å². The van der Waals surface area contributed by atoms with Crippen LogP contribution in [0.15, 0.2) is 28.8 Å². The topological polar surface area (TPSA) is 56.7 Å². The first-order valence-electron chi connectivity index (χ1n) is 5.42. The van der Waals surface area contributed by atoms with E-state index in [4.69, 9.17) is 27.6 Å². The van der Waals surface area contributed by atoms with E-state index in [0.717, 1.165) is 5.69 Å². The second kappa shape index (κ2) is 4.68. The molecule has 7 heteroatoms. The van der Waals surface area contributed by atoms with Crippen LogP contribution in [-0.4, -0.2) is 20.0 Å². The van der Waals surface area contributed by atoms with Crippen LogP contribution in [0.1, 0.15) is 11.6 Å². The summed E-state index contributed by atoms with van der Waals surface area (Å²) in [5.74, 6) is 0.311. The van der Waals surface area contributed by atoms with Gasteiger partial charge in [0.2, 0.25) is 5.89 Å². The van der Waals surface area contributed by atoms with Gasteiger partial charge >= 0.3 is 0 Å². The number of fused-ring (bicyclic) bond motifs is 1. The highest BCUT2D eigenvalue weighted by molar-refractivity contribution is 6.50. The molecular formula is C12H8Cl2N4O. The molecule has 0 saturated heterocycles. The van der Waals surface area contributed by atoms with E-state index in [1.54, 1.807) is 36.1 Å². The lowest BCUT2D eigenvalue weighted by Gasteiger charge is -1.94. The fraction of sp³-hybridized carbons (Fsp3) is 0.0833. The van der Waals surface area contributed by atoms with E-state index in [1.807, 2.05) is 6.07 Å². The van der Waals surface area contributed by atoms with Gasteiger partial charge in [-0.15, -0.1) is 5.10 Å². The molecule has 2 aromatic heterocycles. The minimum absolute atomic E-state index is 0.311. The van der Waals surface area contributed by atoms with Crippen molar-refractivity contribution in [2.75, 3.05) is 0 Å². The van der Waals surface area contributed by atoms with E-state index >= 15 is 0 Å². The number of halogens is 2. The molecule has 1 aromatic carbocycles. The largest absolute Gasteiger partial charge is 0.434 e. The molecular weight excluding hydrogens is 287 g/mol. The first-order chi connectivity index (χ1) is 9.15. The van der Waals surface area contributed by atoms with E-state index < -0.39 is 0 Å². The summed E-state index contributed by atoms with van der Waals surface area (Å²) < 4.78 is 7.15. The Morgan fingerprint density at radius 2 is 2.26 bits per heavy atom. The first-order valence-corrected chi connectivity index (χ1v) is 6.18. The van der Waals surface area contributed by atoms with Gasteiger partial charge in [0.15, 0.2) is 5.58 Å². The smallest absolute Gasteiger partial charge is 0.239 e. The zero-order valence-corrected chi connectivity index (χ0v) is 11.4. The number of aromatic nitrogens is 4. The second-order valence-electron chi connectivity index (χ2n) is 3.88. The molecule has 0 aliphatic heterocycles. The minimum atomic E-state index is 0.311. The molecule has 0 unspecified atom stereocenters. The van der Waals surface area contributed by atoms with Gasteiger partial charge in [-0.3, -0.25) is 0 Å². The molecule has 3 rings (SSSR count). The highest BCUT2D eigenvalue weighted by Crippen LogP contribution is 2.29. The summed E-state index contributed by atoms with van der Waals surface area (Å²) in [5.41, 5.74) is 1.93. The van der Waals surface area contributed by atoms with Crippen LogP contribution in [0, 0.1) is 0 Å². The fourth-order valence-electron chi connectivity index (χ4n) is 1.64. The third-order valence-corrected chi connectivity index (χ3v) is 3.16. The molecule has 0 bridgehead atoms. The summed E-state index contributed by atoms with van der Waals surface area (Å²) in [6, 6.07) is 5.35. The molecule has 2 heterocycles. The highest BCUT2D eigenvalue weighted by Gasteiger charge is 2.12. The molecule has 0 aliphatic carbocycles. The normalized spacial score (nSPS) is 12.3. The van der Waals surface area contributed by atoms with Crippen molar-refractivity contribution < 1.29 is 4.42 Å². The summed E-state index contributed by atoms with van der Waals surface area (Å²) in [7, 11) is 1.77. The summed E-state index contributed by atoms with van der Waals surface area (Å²) in [6.07, 6.45) is 3.28. The lowest BCUT2D eigenvalue weighted by atomic mass is 10.3. The van der Waals surface area contributed by atoms with Crippen LogP contribution < -0.4 is 0 Å². The Labute approximate surface area is 118 Å². The van der Waals surface area contributed by atoms with Gasteiger partial charge in [0.25, 0.3) is 0 Å². The van der Waals surface area contributed by atoms with Crippen LogP contribution in [0.25, 0.3) is 22.2 Å². The van der Waals surface area contributed by atoms with Crippen molar-refractivity contribution in [1.29, 1.82) is 0 Å². The third-order valence-electron chi connectivity index (χ3n) is 2.60. The Hall–Kier alpha value is -1.85. The van der Waals surface area contributed by atoms with E-state index in [0.29, 0.717) is 27.0 Å². The molecule has 0 spiro atoms. The predicted octanol–water partition coefficient (Wildman–Crippen LogP) is 3.35. The molecule has 0 radical (unpaired) electrons. The summed E-state index contributed by atoms with van der Waals surface area (Å²) in [5, 5.41) is 8.44. The SMILES string of the molecule is Cn1nncc1/C=C(/Cl)c1nc2cccc(Cl)c2o1. The Bertz CT molecular complexity index is 775. The maximum absolute atomic E-state index is 6.19. The molecule has 0 fully saturated rings. The maximum atomic E-state index is 6.19. The second-order valence-corrected chi connectivity index (χ2v) is 4.70. The molecule has 96 valence electrons. The number of aryl methyl sites for hydroxylation is 1. The Morgan fingerprint density at radius 1 is 1.42 bits per heavy atom. The monoisotopic (exact) mass is 294 g/mol. The Morgan fingerprint density at radius 3 is 2.95 bits per heavy atom. The molecule has 5 nitrogen and oxygen atoms in total. The number of hydrogen-bond donors (Lipinski definition) is 0. The van der Waals surface area contributed by atoms with Crippen LogP contribution >= 0.6 is 23.2 Å². The van der Waals surface area contributed by atoms with Gasteiger partial charge in [0.05, 0.1) is 16.9 Å². The number of benzene rings is 1. The van der Waals surface area contributed by atoms with E-state index in [2.05, 4.69) is 15.3 Å². The summed E-state index contributed by atoms with van der Waals surface area (Å²) in [6.45, 7) is 0. The molecule has 0 N–H and O–H groups in total. The number of nitrogens with zero attached hydrogens (tertiary/aromatic N) is 4. The van der Waals surface area contributed by atoms with Gasteiger partial charge in [-0.2, -0.15) is 0 Å². The average Bonchev–Trinajstić information content (AvgIpc) is 2.97. The maximum Gasteiger partial charge on any atom is 0.239 e. The minimum Gasteiger partial charge on any atom is -0.434 e. The van der Waals surface area contributed by atoms with Crippen LogP contribution in [0.3, 0.4) is 0 Å². The van der Waals surface area contributed by atoms with E-state index in [9.17, 15) is 0 Å². The van der Waals surface area contributed by atoms with Crippen molar-refractivity contribution in [1.82, 2.24) is 20.0 Å². The lowest BCUT2D eigenvalue weighted by molar-refractivity contribution is 0.588. The molecule has 0 saturated carbocycles. The van der Waals surface area contributed by atoms with Crippen LogP contribution in [0.2, 0.25) is 5.02 Å². The van der Waals surface area contributed by atoms with Gasteiger partial charge in [-0.1, -0.05) is 34.5 Å². The van der Waals surface area contributed by atoms with Crippen LogP contribution in [0.5, 0.6) is 0 Å². The molecule has 0 aliphatic rings. The summed E-state index contributed by atoms with van der Waals surface area (Å²) >= 11 is 12.2. The average molecular weight is 295 g/mol.